The number of ether oxygens (including phenoxy) is 4. The second-order valence-corrected chi connectivity index (χ2v) is 30.8. The van der Waals surface area contributed by atoms with Crippen LogP contribution in [-0.4, -0.2) is 134 Å². The zero-order valence-corrected chi connectivity index (χ0v) is 75.9. The third kappa shape index (κ3) is 36.9. The van der Waals surface area contributed by atoms with Gasteiger partial charge in [-0.05, 0) is 197 Å². The number of nitrogen functional groups attached to an aromatic ring is 1. The maximum Gasteiger partial charge on any atom is 0.227 e. The molecule has 0 saturated heterocycles. The van der Waals surface area contributed by atoms with E-state index in [2.05, 4.69) is 125 Å². The molecule has 650 valence electrons. The summed E-state index contributed by atoms with van der Waals surface area (Å²) in [5, 5.41) is 17.8. The number of carbonyl (C=O) groups is 4. The van der Waals surface area contributed by atoms with Crippen molar-refractivity contribution in [2.75, 3.05) is 55.4 Å². The lowest BCUT2D eigenvalue weighted by atomic mass is 9.88. The average Bonchev–Trinajstić information content (AvgIpc) is 0.810. The van der Waals surface area contributed by atoms with Gasteiger partial charge in [0.15, 0.2) is 22.6 Å². The minimum Gasteiger partial charge on any atom is -0.497 e. The minimum absolute atomic E-state index is 0. The van der Waals surface area contributed by atoms with Gasteiger partial charge in [-0.15, -0.1) is 12.4 Å². The Bertz CT molecular complexity index is 4650. The van der Waals surface area contributed by atoms with Crippen molar-refractivity contribution in [3.8, 4) is 23.0 Å². The first-order valence-electron chi connectivity index (χ1n) is 40.5. The number of halogens is 4. The Morgan fingerprint density at radius 2 is 0.782 bits per heavy atom. The molecule has 0 fully saturated rings. The average molecular weight is 1720 g/mol. The number of nitrogens with two attached hydrogens (primary N) is 3. The Morgan fingerprint density at radius 3 is 1.18 bits per heavy atom. The standard InChI is InChI=1S/C26H35N5O3.C17H23ClN4O.C17H25N5O.C10H21NO.C9H13NO2.C7H3Cl2N3.C2H6.ClH/c1-6-7-13-26(3,14-12-18(2)32)31-24-21-9-8-15-27-23(21)29-25(30-24)28-17-19-10-11-20(33-4)16-22(19)34-5;2*1-4-5-9-17(3,10-8-12(2)23)22-15-13-7-6-11-19-14(13)20-16(18)21-15;1-4-5-7-10(3,11)8-6-9(2)12;1-11-8-4-3-7(6-10)9(5-8)12-2;8-5-4-2-1-3-10-6(4)12-7(9)11-5;1-2;/h8-11,15-16H,6-7,12-14,17H2,1-5H3,(H2,27,28,29,30,31);6-7,11H,4-5,8-10H2,1-3H3,(H,19,20,21,22);6-7,11H,4-5,8-10H2,1-3H3,(H3,18,19,20,21,22);4-8,11H2,1-3H3;3-5H,6,10H2,1-2H3;1-3H;1-2H3;1H/t26-;2*17-;10-;;;;/m1111..../s1. The molecule has 2 aromatic carbocycles. The molecule has 10 N–H and O–H groups in total. The van der Waals surface area contributed by atoms with Crippen molar-refractivity contribution in [2.24, 2.45) is 11.5 Å². The first-order valence-corrected chi connectivity index (χ1v) is 41.6. The quantitative estimate of drug-likeness (QED) is 0.0140. The number of hydrogen-bond donors (Lipinski definition) is 7. The molecular weight excluding hydrogens is 1590 g/mol. The predicted molar refractivity (Wildman–Crippen MR) is 488 cm³/mol. The number of nitrogens with one attached hydrogen (secondary N) is 4. The van der Waals surface area contributed by atoms with Crippen LogP contribution in [0.25, 0.3) is 44.1 Å². The van der Waals surface area contributed by atoms with E-state index in [1.165, 1.54) is 6.42 Å². The summed E-state index contributed by atoms with van der Waals surface area (Å²) in [4.78, 5) is 96.2. The molecule has 0 aliphatic heterocycles. The van der Waals surface area contributed by atoms with Crippen LogP contribution < -0.4 is 57.4 Å². The molecule has 0 unspecified atom stereocenters. The molecule has 8 aromatic heterocycles. The Hall–Kier alpha value is -9.64. The summed E-state index contributed by atoms with van der Waals surface area (Å²) in [5.74, 6) is 6.57. The Morgan fingerprint density at radius 1 is 0.429 bits per heavy atom. The third-order valence-corrected chi connectivity index (χ3v) is 19.8. The number of fused-ring (bicyclic) bond motifs is 4. The number of ketones is 4. The zero-order valence-electron chi connectivity index (χ0n) is 72.9. The van der Waals surface area contributed by atoms with Crippen LogP contribution in [0.2, 0.25) is 15.7 Å². The van der Waals surface area contributed by atoms with Crippen molar-refractivity contribution in [1.29, 1.82) is 0 Å². The normalized spacial score (nSPS) is 12.6. The number of hydrogen-bond acceptors (Lipinski definition) is 27. The van der Waals surface area contributed by atoms with Crippen LogP contribution in [0.4, 0.5) is 29.4 Å². The molecule has 8 heterocycles. The van der Waals surface area contributed by atoms with E-state index in [1.807, 2.05) is 93.6 Å². The van der Waals surface area contributed by atoms with Crippen LogP contribution in [0.5, 0.6) is 23.0 Å². The van der Waals surface area contributed by atoms with Crippen molar-refractivity contribution in [3.63, 3.8) is 0 Å². The van der Waals surface area contributed by atoms with Crippen molar-refractivity contribution in [2.45, 2.75) is 261 Å². The van der Waals surface area contributed by atoms with Gasteiger partial charge in [-0.1, -0.05) is 111 Å². The van der Waals surface area contributed by atoms with Gasteiger partial charge in [-0.3, -0.25) is 0 Å². The molecule has 119 heavy (non-hydrogen) atoms. The Kier molecular flexibility index (Phi) is 46.8. The van der Waals surface area contributed by atoms with Crippen LogP contribution in [0.1, 0.15) is 236 Å². The maximum absolute atomic E-state index is 11.7. The van der Waals surface area contributed by atoms with Gasteiger partial charge in [0.2, 0.25) is 22.5 Å². The SMILES string of the molecule is CC.CCCC[C@@](C)(N)CCC(C)=O.CCCC[C@](C)(CCC(C)=O)Nc1nc(Cl)nc2ncccc12.CCCC[C@](C)(CCC(C)=O)Nc1nc(N)nc2ncccc12.CCCC[C@](C)(CCC(C)=O)Nc1nc(NCc2ccc(OC)cc2OC)nc2ncccc12.COc1ccc(CN)c(OC)c1.Cl.Clc1nc(Cl)c2cccnc2n1. The largest absolute Gasteiger partial charge is 0.497 e. The molecule has 0 aliphatic rings. The first kappa shape index (κ1) is 104. The van der Waals surface area contributed by atoms with Gasteiger partial charge >= 0.3 is 0 Å². The van der Waals surface area contributed by atoms with Crippen molar-refractivity contribution in [1.82, 2.24) is 59.8 Å². The predicted octanol–water partition coefficient (Wildman–Crippen LogP) is 20.3. The summed E-state index contributed by atoms with van der Waals surface area (Å²) in [6.07, 6.45) is 24.7. The van der Waals surface area contributed by atoms with Gasteiger partial charge in [-0.25, -0.2) is 29.9 Å². The number of carbonyl (C=O) groups excluding carboxylic acids is 4. The zero-order chi connectivity index (χ0) is 87.4. The number of pyridine rings is 4. The van der Waals surface area contributed by atoms with Gasteiger partial charge in [0.25, 0.3) is 0 Å². The highest BCUT2D eigenvalue weighted by atomic mass is 35.5. The fraction of sp³-hybridized carbons (Fsp3) is 0.500. The molecule has 10 rings (SSSR count). The van der Waals surface area contributed by atoms with E-state index in [-0.39, 0.29) is 74.2 Å². The number of Topliss-reactive ketones (excluding diaryl/α,β-unsaturated/α-hetero) is 4. The highest BCUT2D eigenvalue weighted by molar-refractivity contribution is 6.35. The number of nitrogens with zero attached hydrogens (tertiary/aromatic N) is 12. The molecule has 27 nitrogen and oxygen atoms in total. The topological polar surface area (TPSA) is 386 Å². The number of aromatic nitrogens is 12. The van der Waals surface area contributed by atoms with Gasteiger partial charge in [-0.2, -0.15) is 29.9 Å². The summed E-state index contributed by atoms with van der Waals surface area (Å²) in [6.45, 7) is 28.6. The molecule has 0 saturated carbocycles. The number of benzene rings is 2. The van der Waals surface area contributed by atoms with E-state index in [4.69, 9.17) is 75.9 Å². The molecule has 0 radical (unpaired) electrons. The Balaban J connectivity index is 0.000000384. The van der Waals surface area contributed by atoms with Crippen molar-refractivity contribution in [3.05, 3.63) is 137 Å². The Labute approximate surface area is 724 Å². The highest BCUT2D eigenvalue weighted by Gasteiger charge is 2.29. The number of rotatable bonds is 38. The molecule has 10 aromatic rings. The second-order valence-electron chi connectivity index (χ2n) is 29.8. The van der Waals surface area contributed by atoms with Gasteiger partial charge in [0.1, 0.15) is 68.7 Å². The van der Waals surface area contributed by atoms with Crippen LogP contribution in [0.3, 0.4) is 0 Å². The summed E-state index contributed by atoms with van der Waals surface area (Å²) >= 11 is 17.4. The van der Waals surface area contributed by atoms with E-state index in [1.54, 1.807) is 93.1 Å². The van der Waals surface area contributed by atoms with Crippen LogP contribution in [0, 0.1) is 0 Å². The lowest BCUT2D eigenvalue weighted by Crippen LogP contribution is -2.36. The second kappa shape index (κ2) is 53.8. The maximum atomic E-state index is 11.7. The van der Waals surface area contributed by atoms with Crippen LogP contribution >= 0.6 is 47.2 Å². The first-order chi connectivity index (χ1) is 56.3. The molecule has 0 aliphatic carbocycles. The van der Waals surface area contributed by atoms with Crippen LogP contribution in [-0.2, 0) is 32.3 Å². The van der Waals surface area contributed by atoms with Crippen molar-refractivity contribution < 1.29 is 38.1 Å². The lowest BCUT2D eigenvalue weighted by Gasteiger charge is -2.32. The minimum atomic E-state index is -0.269. The molecule has 0 amide bonds. The van der Waals surface area contributed by atoms with Gasteiger partial charge in [0.05, 0.1) is 50.0 Å². The number of unbranched alkanes of at least 4 members (excludes halogenated alkanes) is 4. The fourth-order valence-corrected chi connectivity index (χ4v) is 12.8. The van der Waals surface area contributed by atoms with E-state index < -0.39 is 0 Å². The fourth-order valence-electron chi connectivity index (χ4n) is 12.2. The molecule has 0 spiro atoms. The number of anilines is 5. The van der Waals surface area contributed by atoms with E-state index >= 15 is 0 Å². The lowest BCUT2D eigenvalue weighted by molar-refractivity contribution is -0.118. The van der Waals surface area contributed by atoms with E-state index in [0.717, 1.165) is 147 Å². The van der Waals surface area contributed by atoms with Crippen molar-refractivity contribution >= 4 is 144 Å². The van der Waals surface area contributed by atoms with Gasteiger partial charge < -0.3 is 76.6 Å². The third-order valence-electron chi connectivity index (χ3n) is 19.2. The summed E-state index contributed by atoms with van der Waals surface area (Å²) in [6, 6.07) is 26.2. The van der Waals surface area contributed by atoms with E-state index in [0.29, 0.717) is 95.3 Å². The summed E-state index contributed by atoms with van der Waals surface area (Å²) in [7, 11) is 6.50. The molecule has 0 bridgehead atoms. The molecule has 4 atom stereocenters. The van der Waals surface area contributed by atoms with Gasteiger partial charge in [0, 0.05) is 109 Å². The van der Waals surface area contributed by atoms with Crippen LogP contribution in [0.15, 0.2) is 110 Å². The highest BCUT2D eigenvalue weighted by Crippen LogP contribution is 2.34. The summed E-state index contributed by atoms with van der Waals surface area (Å²) < 4.78 is 20.9. The van der Waals surface area contributed by atoms with E-state index in [9.17, 15) is 19.2 Å². The number of methoxy groups -OCH3 is 4. The monoisotopic (exact) mass is 1720 g/mol. The molecular formula is C88H127Cl4N19O8. The summed E-state index contributed by atoms with van der Waals surface area (Å²) in [5.41, 5.74) is 20.7. The molecule has 31 heteroatoms. The smallest absolute Gasteiger partial charge is 0.227 e.